The predicted octanol–water partition coefficient (Wildman–Crippen LogP) is -0.389. The number of rotatable bonds is 8. The van der Waals surface area contributed by atoms with E-state index in [1.807, 2.05) is 0 Å². The first-order chi connectivity index (χ1) is 7.45. The number of hydrogen-bond acceptors (Lipinski definition) is 4. The monoisotopic (exact) mass is 233 g/mol. The van der Waals surface area contributed by atoms with Gasteiger partial charge in [0.1, 0.15) is 0 Å². The van der Waals surface area contributed by atoms with Gasteiger partial charge in [-0.15, -0.1) is 0 Å². The Hall–Kier alpha value is -1.14. The third-order valence-corrected chi connectivity index (χ3v) is 1.95. The van der Waals surface area contributed by atoms with Crippen LogP contribution in [-0.4, -0.2) is 48.5 Å². The molecule has 0 aromatic heterocycles. The van der Waals surface area contributed by atoms with Crippen LogP contribution in [0, 0.1) is 5.92 Å². The number of ether oxygens (including phenoxy) is 1. The molecule has 6 nitrogen and oxygen atoms in total. The van der Waals surface area contributed by atoms with Gasteiger partial charge in [0.25, 0.3) is 0 Å². The number of hydrogen-bond donors (Lipinski definition) is 3. The molecule has 0 aliphatic rings. The third kappa shape index (κ3) is 8.19. The maximum atomic E-state index is 11.3. The first-order valence-corrected chi connectivity index (χ1v) is 5.11. The lowest BCUT2D eigenvalue weighted by Crippen LogP contribution is -2.35. The van der Waals surface area contributed by atoms with E-state index in [0.717, 1.165) is 0 Å². The van der Waals surface area contributed by atoms with E-state index in [0.29, 0.717) is 0 Å². The number of carbonyl (C=O) groups excluding carboxylic acids is 1. The smallest absolute Gasteiger partial charge is 0.303 e. The second kappa shape index (κ2) is 8.06. The highest BCUT2D eigenvalue weighted by Gasteiger charge is 2.13. The van der Waals surface area contributed by atoms with Crippen LogP contribution < -0.4 is 5.32 Å². The molecule has 0 aliphatic heterocycles. The summed E-state index contributed by atoms with van der Waals surface area (Å²) in [4.78, 5) is 21.6. The van der Waals surface area contributed by atoms with E-state index in [-0.39, 0.29) is 37.8 Å². The molecule has 0 saturated heterocycles. The molecular formula is C10H19NO5. The van der Waals surface area contributed by atoms with Gasteiger partial charge in [-0.3, -0.25) is 9.59 Å². The van der Waals surface area contributed by atoms with Crippen LogP contribution in [-0.2, 0) is 14.3 Å². The Bertz CT molecular complexity index is 231. The Balaban J connectivity index is 3.69. The summed E-state index contributed by atoms with van der Waals surface area (Å²) in [7, 11) is 1.46. The Labute approximate surface area is 94.6 Å². The average Bonchev–Trinajstić information content (AvgIpc) is 2.13. The number of amides is 1. The van der Waals surface area contributed by atoms with E-state index in [9.17, 15) is 14.7 Å². The van der Waals surface area contributed by atoms with Crippen molar-refractivity contribution in [1.29, 1.82) is 0 Å². The van der Waals surface area contributed by atoms with Gasteiger partial charge in [-0.2, -0.15) is 0 Å². The molecule has 0 spiro atoms. The minimum absolute atomic E-state index is 0.0337. The fourth-order valence-electron chi connectivity index (χ4n) is 1.24. The first-order valence-electron chi connectivity index (χ1n) is 5.11. The third-order valence-electron chi connectivity index (χ3n) is 1.95. The molecule has 2 unspecified atom stereocenters. The van der Waals surface area contributed by atoms with E-state index in [1.54, 1.807) is 6.92 Å². The van der Waals surface area contributed by atoms with Crippen LogP contribution in [0.3, 0.4) is 0 Å². The van der Waals surface area contributed by atoms with Crippen molar-refractivity contribution in [2.24, 2.45) is 5.92 Å². The highest BCUT2D eigenvalue weighted by Crippen LogP contribution is 2.06. The topological polar surface area (TPSA) is 95.9 Å². The number of methoxy groups -OCH3 is 1. The van der Waals surface area contributed by atoms with Crippen LogP contribution in [0.4, 0.5) is 0 Å². The van der Waals surface area contributed by atoms with Crippen LogP contribution in [0.5, 0.6) is 0 Å². The van der Waals surface area contributed by atoms with Gasteiger partial charge in [0.05, 0.1) is 12.7 Å². The molecule has 0 rings (SSSR count). The summed E-state index contributed by atoms with van der Waals surface area (Å²) < 4.78 is 4.69. The Morgan fingerprint density at radius 3 is 2.50 bits per heavy atom. The van der Waals surface area contributed by atoms with Crippen molar-refractivity contribution in [1.82, 2.24) is 5.32 Å². The standard InChI is InChI=1S/C10H19NO5/c1-7(4-10(14)15)3-9(13)11-5-8(12)6-16-2/h7-8,12H,3-6H2,1-2H3,(H,11,13)(H,14,15). The molecule has 0 aromatic rings. The van der Waals surface area contributed by atoms with E-state index in [4.69, 9.17) is 9.84 Å². The molecular weight excluding hydrogens is 214 g/mol. The number of nitrogens with one attached hydrogen (secondary N) is 1. The van der Waals surface area contributed by atoms with Gasteiger partial charge in [-0.25, -0.2) is 0 Å². The summed E-state index contributed by atoms with van der Waals surface area (Å²) in [6, 6.07) is 0. The Morgan fingerprint density at radius 1 is 1.38 bits per heavy atom. The molecule has 0 aromatic carbocycles. The van der Waals surface area contributed by atoms with Crippen LogP contribution in [0.25, 0.3) is 0 Å². The number of aliphatic hydroxyl groups is 1. The number of aliphatic carboxylic acids is 1. The van der Waals surface area contributed by atoms with Crippen LogP contribution >= 0.6 is 0 Å². The normalized spacial score (nSPS) is 14.2. The van der Waals surface area contributed by atoms with Gasteiger partial charge in [-0.05, 0) is 5.92 Å². The van der Waals surface area contributed by atoms with Crippen molar-refractivity contribution >= 4 is 11.9 Å². The van der Waals surface area contributed by atoms with Gasteiger partial charge in [0, 0.05) is 26.5 Å². The molecule has 6 heteroatoms. The molecule has 94 valence electrons. The quantitative estimate of drug-likeness (QED) is 0.530. The fourth-order valence-corrected chi connectivity index (χ4v) is 1.24. The van der Waals surface area contributed by atoms with Crippen LogP contribution in [0.1, 0.15) is 19.8 Å². The summed E-state index contributed by atoms with van der Waals surface area (Å²) >= 11 is 0. The number of carbonyl (C=O) groups is 2. The predicted molar refractivity (Wildman–Crippen MR) is 56.9 cm³/mol. The molecule has 0 aliphatic carbocycles. The van der Waals surface area contributed by atoms with E-state index < -0.39 is 12.1 Å². The van der Waals surface area contributed by atoms with Gasteiger partial charge in [-0.1, -0.05) is 6.92 Å². The Kier molecular flexibility index (Phi) is 7.49. The van der Waals surface area contributed by atoms with Crippen molar-refractivity contribution in [2.75, 3.05) is 20.3 Å². The second-order valence-corrected chi connectivity index (χ2v) is 3.82. The molecule has 2 atom stereocenters. The zero-order valence-electron chi connectivity index (χ0n) is 9.60. The molecule has 1 amide bonds. The molecule has 3 N–H and O–H groups in total. The fraction of sp³-hybridized carbons (Fsp3) is 0.800. The number of carboxylic acids is 1. The van der Waals surface area contributed by atoms with Gasteiger partial charge in [0.2, 0.25) is 5.91 Å². The lowest BCUT2D eigenvalue weighted by molar-refractivity contribution is -0.138. The molecule has 0 saturated carbocycles. The van der Waals surface area contributed by atoms with Gasteiger partial charge in [0.15, 0.2) is 0 Å². The highest BCUT2D eigenvalue weighted by atomic mass is 16.5. The molecule has 16 heavy (non-hydrogen) atoms. The summed E-state index contributed by atoms with van der Waals surface area (Å²) in [6.07, 6.45) is -0.621. The van der Waals surface area contributed by atoms with Crippen molar-refractivity contribution in [3.8, 4) is 0 Å². The lowest BCUT2D eigenvalue weighted by Gasteiger charge is -2.12. The largest absolute Gasteiger partial charge is 0.481 e. The summed E-state index contributed by atoms with van der Waals surface area (Å²) in [6.45, 7) is 1.97. The average molecular weight is 233 g/mol. The zero-order chi connectivity index (χ0) is 12.6. The molecule has 0 radical (unpaired) electrons. The van der Waals surface area contributed by atoms with Crippen molar-refractivity contribution < 1.29 is 24.5 Å². The van der Waals surface area contributed by atoms with Crippen molar-refractivity contribution in [3.63, 3.8) is 0 Å². The second-order valence-electron chi connectivity index (χ2n) is 3.82. The Morgan fingerprint density at radius 2 is 2.00 bits per heavy atom. The molecule has 0 heterocycles. The maximum Gasteiger partial charge on any atom is 0.303 e. The first kappa shape index (κ1) is 14.9. The summed E-state index contributed by atoms with van der Waals surface area (Å²) in [5.74, 6) is -1.39. The van der Waals surface area contributed by atoms with E-state index in [1.165, 1.54) is 7.11 Å². The van der Waals surface area contributed by atoms with Crippen LogP contribution in [0.15, 0.2) is 0 Å². The minimum Gasteiger partial charge on any atom is -0.481 e. The van der Waals surface area contributed by atoms with E-state index >= 15 is 0 Å². The molecule has 0 fully saturated rings. The minimum atomic E-state index is -0.917. The van der Waals surface area contributed by atoms with Crippen molar-refractivity contribution in [3.05, 3.63) is 0 Å². The summed E-state index contributed by atoms with van der Waals surface area (Å²) in [5.41, 5.74) is 0. The van der Waals surface area contributed by atoms with E-state index in [2.05, 4.69) is 5.32 Å². The maximum absolute atomic E-state index is 11.3. The van der Waals surface area contributed by atoms with Gasteiger partial charge >= 0.3 is 5.97 Å². The number of carboxylic acid groups (broad SMARTS) is 1. The SMILES string of the molecule is COCC(O)CNC(=O)CC(C)CC(=O)O. The van der Waals surface area contributed by atoms with Gasteiger partial charge < -0.3 is 20.3 Å². The van der Waals surface area contributed by atoms with Crippen LogP contribution in [0.2, 0.25) is 0 Å². The zero-order valence-corrected chi connectivity index (χ0v) is 9.60. The summed E-state index contributed by atoms with van der Waals surface area (Å²) in [5, 5.41) is 20.2. The lowest BCUT2D eigenvalue weighted by atomic mass is 10.0. The highest BCUT2D eigenvalue weighted by molar-refractivity contribution is 5.77. The van der Waals surface area contributed by atoms with Crippen molar-refractivity contribution in [2.45, 2.75) is 25.9 Å². The molecule has 0 bridgehead atoms. The number of aliphatic hydroxyl groups excluding tert-OH is 1.